The van der Waals surface area contributed by atoms with Crippen molar-refractivity contribution in [3.8, 4) is 17.6 Å². The number of cyclic esters (lactones) is 1. The minimum absolute atomic E-state index is 0.0254. The van der Waals surface area contributed by atoms with E-state index < -0.39 is 53.4 Å². The number of benzene rings is 4. The molecule has 248 valence electrons. The number of esters is 1. The van der Waals surface area contributed by atoms with Crippen LogP contribution in [0.4, 0.5) is 5.69 Å². The lowest BCUT2D eigenvalue weighted by molar-refractivity contribution is -0.179. The van der Waals surface area contributed by atoms with Crippen molar-refractivity contribution < 1.29 is 39.2 Å². The summed E-state index contributed by atoms with van der Waals surface area (Å²) in [5, 5.41) is 32.9. The Hall–Kier alpha value is -5.47. The van der Waals surface area contributed by atoms with Crippen molar-refractivity contribution in [1.29, 1.82) is 0 Å². The van der Waals surface area contributed by atoms with E-state index in [-0.39, 0.29) is 26.2 Å². The topological polar surface area (TPSA) is 146 Å². The molecule has 3 aliphatic heterocycles. The summed E-state index contributed by atoms with van der Waals surface area (Å²) >= 11 is 0. The van der Waals surface area contributed by atoms with E-state index in [0.29, 0.717) is 33.7 Å². The highest BCUT2D eigenvalue weighted by Crippen LogP contribution is 2.64. The molecule has 0 aromatic heterocycles. The van der Waals surface area contributed by atoms with Crippen molar-refractivity contribution >= 4 is 23.5 Å². The lowest BCUT2D eigenvalue weighted by Crippen LogP contribution is -2.52. The molecule has 4 aromatic rings. The Kier molecular flexibility index (Phi) is 8.65. The van der Waals surface area contributed by atoms with Crippen molar-refractivity contribution in [2.75, 3.05) is 25.1 Å². The fraction of sp³-hybridized carbons (Fsp3) is 0.256. The van der Waals surface area contributed by atoms with Gasteiger partial charge in [0, 0.05) is 17.7 Å². The Morgan fingerprint density at radius 2 is 1.57 bits per heavy atom. The predicted octanol–water partition coefficient (Wildman–Crippen LogP) is 4.15. The second-order valence-corrected chi connectivity index (χ2v) is 12.2. The number of nitrogens with zero attached hydrogens (tertiary/aromatic N) is 1. The van der Waals surface area contributed by atoms with Crippen LogP contribution in [0.15, 0.2) is 103 Å². The molecule has 7 rings (SSSR count). The van der Waals surface area contributed by atoms with Gasteiger partial charge in [-0.2, -0.15) is 0 Å². The van der Waals surface area contributed by atoms with Crippen LogP contribution in [-0.4, -0.2) is 63.9 Å². The molecule has 4 N–H and O–H groups in total. The third-order valence-corrected chi connectivity index (χ3v) is 9.58. The van der Waals surface area contributed by atoms with Gasteiger partial charge in [-0.05, 0) is 52.6 Å². The van der Waals surface area contributed by atoms with Gasteiger partial charge in [0.2, 0.25) is 5.91 Å². The van der Waals surface area contributed by atoms with Crippen molar-refractivity contribution in [3.05, 3.63) is 131 Å². The molecule has 10 heteroatoms. The highest BCUT2D eigenvalue weighted by Gasteiger charge is 2.74. The van der Waals surface area contributed by atoms with E-state index in [9.17, 15) is 29.7 Å². The lowest BCUT2D eigenvalue weighted by atomic mass is 9.65. The summed E-state index contributed by atoms with van der Waals surface area (Å²) in [7, 11) is 0. The third kappa shape index (κ3) is 5.33. The normalized spacial score (nSPS) is 25.5. The molecular formula is C39H34N2O8. The number of fused-ring (bicyclic) bond motifs is 3. The zero-order valence-electron chi connectivity index (χ0n) is 26.4. The molecule has 6 atom stereocenters. The first-order valence-electron chi connectivity index (χ1n) is 16.1. The highest BCUT2D eigenvalue weighted by atomic mass is 16.6. The quantitative estimate of drug-likeness (QED) is 0.162. The molecule has 1 amide bonds. The number of ether oxygens (including phenoxy) is 2. The fourth-order valence-corrected chi connectivity index (χ4v) is 7.81. The average molecular weight is 659 g/mol. The van der Waals surface area contributed by atoms with Crippen LogP contribution in [0.2, 0.25) is 0 Å². The molecule has 0 unspecified atom stereocenters. The van der Waals surface area contributed by atoms with Gasteiger partial charge in [-0.1, -0.05) is 84.6 Å². The lowest BCUT2D eigenvalue weighted by Gasteiger charge is -2.46. The number of hydrogen-bond donors (Lipinski definition) is 4. The molecule has 0 saturated carbocycles. The smallest absolute Gasteiger partial charge is 0.325 e. The Balaban J connectivity index is 1.54. The molecule has 0 aliphatic carbocycles. The number of nitrogens with one attached hydrogen (secondary N) is 1. The van der Waals surface area contributed by atoms with Gasteiger partial charge in [-0.15, -0.1) is 0 Å². The van der Waals surface area contributed by atoms with Gasteiger partial charge in [-0.3, -0.25) is 19.3 Å². The zero-order valence-corrected chi connectivity index (χ0v) is 26.4. The Morgan fingerprint density at radius 1 is 0.857 bits per heavy atom. The number of aliphatic hydroxyl groups is 2. The van der Waals surface area contributed by atoms with Crippen molar-refractivity contribution in [3.63, 3.8) is 0 Å². The molecule has 4 aromatic carbocycles. The van der Waals surface area contributed by atoms with E-state index in [4.69, 9.17) is 9.47 Å². The van der Waals surface area contributed by atoms with Crippen LogP contribution < -0.4 is 10.1 Å². The maximum Gasteiger partial charge on any atom is 0.325 e. The maximum atomic E-state index is 14.7. The summed E-state index contributed by atoms with van der Waals surface area (Å²) in [6.07, 6.45) is -0.602. The van der Waals surface area contributed by atoms with Gasteiger partial charge in [0.05, 0.1) is 25.3 Å². The minimum atomic E-state index is -1.83. The largest absolute Gasteiger partial charge is 0.491 e. The van der Waals surface area contributed by atoms with E-state index in [1.54, 1.807) is 42.5 Å². The van der Waals surface area contributed by atoms with Gasteiger partial charge < -0.3 is 30.1 Å². The summed E-state index contributed by atoms with van der Waals surface area (Å²) in [5.41, 5.74) is 1.56. The van der Waals surface area contributed by atoms with Crippen LogP contribution in [0, 0.1) is 17.8 Å². The maximum absolute atomic E-state index is 14.7. The van der Waals surface area contributed by atoms with Crippen LogP contribution in [0.25, 0.3) is 0 Å². The minimum Gasteiger partial charge on any atom is -0.491 e. The van der Waals surface area contributed by atoms with Crippen LogP contribution in [0.3, 0.4) is 0 Å². The van der Waals surface area contributed by atoms with Crippen LogP contribution in [0.1, 0.15) is 52.4 Å². The third-order valence-electron chi connectivity index (χ3n) is 9.58. The molecule has 3 heterocycles. The summed E-state index contributed by atoms with van der Waals surface area (Å²) in [4.78, 5) is 44.7. The number of carboxylic acid groups (broad SMARTS) is 1. The number of aliphatic carboxylic acids is 1. The van der Waals surface area contributed by atoms with Gasteiger partial charge in [-0.25, -0.2) is 0 Å². The number of carbonyl (C=O) groups excluding carboxylic acids is 2. The standard InChI is InChI=1S/C39H34N2O8/c42-19-8-7-10-24-17-18-30-29(22-24)39(38(47)40-30)31(36(44)45)33-37(46)49-34(26-13-5-2-6-14-26)32(25-11-3-1-4-12-25)41(33)35(39)27-15-9-16-28(23-27)48-21-20-43/h1-6,9,11-18,22-23,31-35,42-43H,8,19-21H2,(H,40,47)(H,44,45)/t31-,32-,33-,34+,35+,39-/m1/s1. The molecule has 49 heavy (non-hydrogen) atoms. The number of morpholine rings is 1. The zero-order chi connectivity index (χ0) is 34.1. The first-order valence-corrected chi connectivity index (χ1v) is 16.1. The Bertz CT molecular complexity index is 1960. The summed E-state index contributed by atoms with van der Waals surface area (Å²) in [6, 6.07) is 27.8. The first kappa shape index (κ1) is 32.1. The summed E-state index contributed by atoms with van der Waals surface area (Å²) < 4.78 is 12.0. The number of rotatable bonds is 8. The number of amides is 1. The number of anilines is 1. The monoisotopic (exact) mass is 658 g/mol. The molecule has 2 fully saturated rings. The Labute approximate surface area is 282 Å². The second-order valence-electron chi connectivity index (χ2n) is 12.2. The molecule has 3 aliphatic rings. The number of aliphatic hydroxyl groups excluding tert-OH is 2. The van der Waals surface area contributed by atoms with Crippen molar-refractivity contribution in [1.82, 2.24) is 4.90 Å². The second kappa shape index (κ2) is 13.2. The van der Waals surface area contributed by atoms with Gasteiger partial charge >= 0.3 is 11.9 Å². The van der Waals surface area contributed by atoms with Gasteiger partial charge in [0.1, 0.15) is 35.8 Å². The van der Waals surface area contributed by atoms with E-state index in [1.807, 2.05) is 65.6 Å². The van der Waals surface area contributed by atoms with Crippen LogP contribution in [0.5, 0.6) is 5.75 Å². The fourth-order valence-electron chi connectivity index (χ4n) is 7.81. The molecule has 0 bridgehead atoms. The highest BCUT2D eigenvalue weighted by molar-refractivity contribution is 6.11. The first-order chi connectivity index (χ1) is 23.9. The SMILES string of the molecule is O=C1O[C@@H](c2ccccc2)[C@@H](c2ccccc2)N2[C@@H](c3cccc(OCCO)c3)[C@]3(C(=O)Nc4ccc(C#CCCO)cc43)[C@@H](C(=O)O)[C@H]12. The van der Waals surface area contributed by atoms with Crippen LogP contribution in [-0.2, 0) is 24.5 Å². The summed E-state index contributed by atoms with van der Waals surface area (Å²) in [6.45, 7) is -0.316. The molecular weight excluding hydrogens is 624 g/mol. The van der Waals surface area contributed by atoms with Crippen molar-refractivity contribution in [2.45, 2.75) is 36.1 Å². The van der Waals surface area contributed by atoms with Gasteiger partial charge in [0.25, 0.3) is 0 Å². The van der Waals surface area contributed by atoms with E-state index in [1.165, 1.54) is 0 Å². The van der Waals surface area contributed by atoms with E-state index in [2.05, 4.69) is 17.2 Å². The number of hydrogen-bond acceptors (Lipinski definition) is 8. The molecule has 2 saturated heterocycles. The number of carboxylic acids is 1. The van der Waals surface area contributed by atoms with Crippen LogP contribution >= 0.6 is 0 Å². The Morgan fingerprint density at radius 3 is 2.27 bits per heavy atom. The summed E-state index contributed by atoms with van der Waals surface area (Å²) in [5.74, 6) is 2.12. The predicted molar refractivity (Wildman–Crippen MR) is 178 cm³/mol. The molecule has 10 nitrogen and oxygen atoms in total. The number of carbonyl (C=O) groups is 3. The molecule has 1 spiro atoms. The van der Waals surface area contributed by atoms with E-state index in [0.717, 1.165) is 5.56 Å². The van der Waals surface area contributed by atoms with E-state index >= 15 is 0 Å². The van der Waals surface area contributed by atoms with Gasteiger partial charge in [0.15, 0.2) is 0 Å². The molecule has 0 radical (unpaired) electrons. The van der Waals surface area contributed by atoms with Crippen molar-refractivity contribution in [2.24, 2.45) is 5.92 Å². The average Bonchev–Trinajstić information content (AvgIpc) is 3.60.